The van der Waals surface area contributed by atoms with E-state index in [9.17, 15) is 5.11 Å². The first-order valence-electron chi connectivity index (χ1n) is 6.31. The standard InChI is InChI=1S/C14H21NO3/c1-17-13(18-2)9-15-14-11-6-4-3-5-10(11)7-8-12(14)16/h3-6,12-16H,7-9H2,1-2H3/t12-,14-/m1/s1. The number of hydrogen-bond donors (Lipinski definition) is 2. The van der Waals surface area contributed by atoms with Crippen LogP contribution in [0, 0.1) is 0 Å². The van der Waals surface area contributed by atoms with Crippen molar-refractivity contribution in [3.8, 4) is 0 Å². The summed E-state index contributed by atoms with van der Waals surface area (Å²) in [6.45, 7) is 0.559. The van der Waals surface area contributed by atoms with Crippen molar-refractivity contribution in [2.45, 2.75) is 31.3 Å². The van der Waals surface area contributed by atoms with E-state index in [0.717, 1.165) is 12.8 Å². The summed E-state index contributed by atoms with van der Waals surface area (Å²) in [7, 11) is 3.22. The SMILES string of the molecule is COC(CN[C@@H]1c2ccccc2CC[C@H]1O)OC. The topological polar surface area (TPSA) is 50.7 Å². The van der Waals surface area contributed by atoms with E-state index in [-0.39, 0.29) is 18.4 Å². The highest BCUT2D eigenvalue weighted by Crippen LogP contribution is 2.29. The Morgan fingerprint density at radius 1 is 1.33 bits per heavy atom. The lowest BCUT2D eigenvalue weighted by molar-refractivity contribution is -0.102. The van der Waals surface area contributed by atoms with Crippen molar-refractivity contribution >= 4 is 0 Å². The number of benzene rings is 1. The smallest absolute Gasteiger partial charge is 0.169 e. The summed E-state index contributed by atoms with van der Waals surface area (Å²) in [4.78, 5) is 0. The lowest BCUT2D eigenvalue weighted by Crippen LogP contribution is -2.40. The quantitative estimate of drug-likeness (QED) is 0.773. The Hall–Kier alpha value is -0.940. The third-order valence-electron chi connectivity index (χ3n) is 3.51. The fourth-order valence-corrected chi connectivity index (χ4v) is 2.47. The molecule has 0 fully saturated rings. The van der Waals surface area contributed by atoms with Gasteiger partial charge in [-0.2, -0.15) is 0 Å². The normalized spacial score (nSPS) is 23.1. The van der Waals surface area contributed by atoms with Gasteiger partial charge >= 0.3 is 0 Å². The molecule has 1 aromatic rings. The van der Waals surface area contributed by atoms with E-state index in [0.29, 0.717) is 6.54 Å². The van der Waals surface area contributed by atoms with Gasteiger partial charge in [-0.1, -0.05) is 24.3 Å². The first-order chi connectivity index (χ1) is 8.76. The van der Waals surface area contributed by atoms with Gasteiger partial charge in [0, 0.05) is 20.8 Å². The number of methoxy groups -OCH3 is 2. The molecule has 1 aliphatic rings. The van der Waals surface area contributed by atoms with Crippen LogP contribution in [0.15, 0.2) is 24.3 Å². The van der Waals surface area contributed by atoms with Crippen molar-refractivity contribution in [2.75, 3.05) is 20.8 Å². The lowest BCUT2D eigenvalue weighted by atomic mass is 9.85. The first-order valence-corrected chi connectivity index (χ1v) is 6.31. The molecule has 2 rings (SSSR count). The third-order valence-corrected chi connectivity index (χ3v) is 3.51. The number of aryl methyl sites for hydroxylation is 1. The van der Waals surface area contributed by atoms with Crippen LogP contribution in [0.4, 0.5) is 0 Å². The van der Waals surface area contributed by atoms with Crippen molar-refractivity contribution in [3.05, 3.63) is 35.4 Å². The Morgan fingerprint density at radius 3 is 2.78 bits per heavy atom. The second kappa shape index (κ2) is 6.29. The Bertz CT molecular complexity index is 379. The maximum atomic E-state index is 10.1. The number of rotatable bonds is 5. The molecule has 0 amide bonds. The van der Waals surface area contributed by atoms with Crippen molar-refractivity contribution in [2.24, 2.45) is 0 Å². The van der Waals surface area contributed by atoms with Gasteiger partial charge in [0.1, 0.15) is 0 Å². The molecular formula is C14H21NO3. The van der Waals surface area contributed by atoms with Crippen LogP contribution in [0.2, 0.25) is 0 Å². The Morgan fingerprint density at radius 2 is 2.06 bits per heavy atom. The predicted molar refractivity (Wildman–Crippen MR) is 69.3 cm³/mol. The van der Waals surface area contributed by atoms with E-state index in [1.807, 2.05) is 12.1 Å². The van der Waals surface area contributed by atoms with Gasteiger partial charge in [-0.3, -0.25) is 0 Å². The average Bonchev–Trinajstić information content (AvgIpc) is 2.42. The van der Waals surface area contributed by atoms with Gasteiger partial charge < -0.3 is 19.9 Å². The van der Waals surface area contributed by atoms with Gasteiger partial charge in [-0.15, -0.1) is 0 Å². The zero-order valence-electron chi connectivity index (χ0n) is 10.9. The van der Waals surface area contributed by atoms with Gasteiger partial charge in [0.15, 0.2) is 6.29 Å². The summed E-state index contributed by atoms with van der Waals surface area (Å²) < 4.78 is 10.3. The molecule has 4 nitrogen and oxygen atoms in total. The Kier molecular flexibility index (Phi) is 4.72. The van der Waals surface area contributed by atoms with E-state index in [1.54, 1.807) is 14.2 Å². The van der Waals surface area contributed by atoms with Crippen molar-refractivity contribution in [1.29, 1.82) is 0 Å². The van der Waals surface area contributed by atoms with Crippen LogP contribution in [0.5, 0.6) is 0 Å². The van der Waals surface area contributed by atoms with Gasteiger partial charge in [0.2, 0.25) is 0 Å². The van der Waals surface area contributed by atoms with Crippen LogP contribution >= 0.6 is 0 Å². The van der Waals surface area contributed by atoms with Crippen LogP contribution < -0.4 is 5.32 Å². The van der Waals surface area contributed by atoms with Crippen LogP contribution in [-0.2, 0) is 15.9 Å². The van der Waals surface area contributed by atoms with Gasteiger partial charge in [0.25, 0.3) is 0 Å². The maximum Gasteiger partial charge on any atom is 0.169 e. The number of fused-ring (bicyclic) bond motifs is 1. The number of nitrogens with one attached hydrogen (secondary N) is 1. The van der Waals surface area contributed by atoms with Gasteiger partial charge in [-0.25, -0.2) is 0 Å². The molecule has 0 saturated heterocycles. The number of hydrogen-bond acceptors (Lipinski definition) is 4. The summed E-state index contributed by atoms with van der Waals surface area (Å²) in [5, 5.41) is 13.5. The van der Waals surface area contributed by atoms with Crippen LogP contribution in [0.1, 0.15) is 23.6 Å². The van der Waals surface area contributed by atoms with Gasteiger partial charge in [-0.05, 0) is 24.0 Å². The monoisotopic (exact) mass is 251 g/mol. The molecule has 1 aromatic carbocycles. The lowest BCUT2D eigenvalue weighted by Gasteiger charge is -2.32. The van der Waals surface area contributed by atoms with E-state index >= 15 is 0 Å². The molecule has 2 N–H and O–H groups in total. The highest BCUT2D eigenvalue weighted by Gasteiger charge is 2.27. The van der Waals surface area contributed by atoms with Crippen LogP contribution in [0.25, 0.3) is 0 Å². The minimum absolute atomic E-state index is 0.0391. The zero-order valence-corrected chi connectivity index (χ0v) is 10.9. The highest BCUT2D eigenvalue weighted by atomic mass is 16.7. The Balaban J connectivity index is 2.07. The summed E-state index contributed by atoms with van der Waals surface area (Å²) in [6, 6.07) is 8.21. The van der Waals surface area contributed by atoms with E-state index in [2.05, 4.69) is 17.4 Å². The molecule has 100 valence electrons. The molecule has 0 spiro atoms. The van der Waals surface area contributed by atoms with E-state index < -0.39 is 0 Å². The maximum absolute atomic E-state index is 10.1. The molecule has 0 saturated carbocycles. The summed E-state index contributed by atoms with van der Waals surface area (Å²) in [5.74, 6) is 0. The van der Waals surface area contributed by atoms with Crippen LogP contribution in [0.3, 0.4) is 0 Å². The molecule has 0 aromatic heterocycles. The fraction of sp³-hybridized carbons (Fsp3) is 0.571. The van der Waals surface area contributed by atoms with Crippen molar-refractivity contribution < 1.29 is 14.6 Å². The van der Waals surface area contributed by atoms with Crippen molar-refractivity contribution in [3.63, 3.8) is 0 Å². The molecule has 0 unspecified atom stereocenters. The number of aliphatic hydroxyl groups excluding tert-OH is 1. The highest BCUT2D eigenvalue weighted by molar-refractivity contribution is 5.33. The molecule has 0 radical (unpaired) electrons. The largest absolute Gasteiger partial charge is 0.391 e. The number of aliphatic hydroxyl groups is 1. The second-order valence-corrected chi connectivity index (χ2v) is 4.59. The molecule has 4 heteroatoms. The first kappa shape index (κ1) is 13.5. The molecule has 0 heterocycles. The molecule has 0 aliphatic heterocycles. The van der Waals surface area contributed by atoms with E-state index in [4.69, 9.17) is 9.47 Å². The molecule has 18 heavy (non-hydrogen) atoms. The molecular weight excluding hydrogens is 230 g/mol. The fourth-order valence-electron chi connectivity index (χ4n) is 2.47. The minimum Gasteiger partial charge on any atom is -0.391 e. The predicted octanol–water partition coefficient (Wildman–Crippen LogP) is 1.24. The third kappa shape index (κ3) is 2.90. The number of ether oxygens (including phenoxy) is 2. The minimum atomic E-state index is -0.353. The van der Waals surface area contributed by atoms with E-state index in [1.165, 1.54) is 11.1 Å². The van der Waals surface area contributed by atoms with Crippen LogP contribution in [-0.4, -0.2) is 38.3 Å². The zero-order chi connectivity index (χ0) is 13.0. The van der Waals surface area contributed by atoms with Crippen molar-refractivity contribution in [1.82, 2.24) is 5.32 Å². The Labute approximate surface area is 108 Å². The van der Waals surface area contributed by atoms with Gasteiger partial charge in [0.05, 0.1) is 12.1 Å². The average molecular weight is 251 g/mol. The second-order valence-electron chi connectivity index (χ2n) is 4.59. The molecule has 1 aliphatic carbocycles. The molecule has 2 atom stereocenters. The molecule has 0 bridgehead atoms. The summed E-state index contributed by atoms with van der Waals surface area (Å²) in [5.41, 5.74) is 2.49. The summed E-state index contributed by atoms with van der Waals surface area (Å²) in [6.07, 6.45) is 1.09. The summed E-state index contributed by atoms with van der Waals surface area (Å²) >= 11 is 0.